The van der Waals surface area contributed by atoms with Gasteiger partial charge in [0.15, 0.2) is 5.79 Å². The van der Waals surface area contributed by atoms with Gasteiger partial charge in [-0.1, -0.05) is 26.0 Å². The molecule has 0 spiro atoms. The molecule has 104 valence electrons. The lowest BCUT2D eigenvalue weighted by Crippen LogP contribution is -2.38. The zero-order chi connectivity index (χ0) is 13.8. The molecule has 0 saturated carbocycles. The van der Waals surface area contributed by atoms with E-state index in [0.717, 1.165) is 18.4 Å². The first-order chi connectivity index (χ1) is 8.26. The van der Waals surface area contributed by atoms with E-state index in [-0.39, 0.29) is 24.2 Å². The van der Waals surface area contributed by atoms with Crippen molar-refractivity contribution in [2.24, 2.45) is 5.41 Å². The van der Waals surface area contributed by atoms with Crippen LogP contribution in [0.3, 0.4) is 0 Å². The van der Waals surface area contributed by atoms with E-state index in [2.05, 4.69) is 25.2 Å². The Morgan fingerprint density at radius 2 is 2.22 bits per heavy atom. The second-order valence-electron chi connectivity index (χ2n) is 5.90. The molecule has 1 saturated heterocycles. The van der Waals surface area contributed by atoms with Crippen LogP contribution in [0.5, 0.6) is 0 Å². The molecule has 0 aliphatic carbocycles. The maximum Gasteiger partial charge on any atom is 0.305 e. The van der Waals surface area contributed by atoms with Crippen LogP contribution in [0.25, 0.3) is 0 Å². The monoisotopic (exact) mass is 256 g/mol. The number of esters is 1. The number of hydrogen-bond donors (Lipinski definition) is 1. The van der Waals surface area contributed by atoms with Crippen molar-refractivity contribution in [2.45, 2.75) is 51.7 Å². The molecule has 1 atom stereocenters. The van der Waals surface area contributed by atoms with E-state index >= 15 is 0 Å². The zero-order valence-corrected chi connectivity index (χ0v) is 11.6. The molecule has 1 aliphatic rings. The molecule has 1 aliphatic heterocycles. The molecule has 1 N–H and O–H groups in total. The van der Waals surface area contributed by atoms with Gasteiger partial charge in [-0.2, -0.15) is 0 Å². The molecule has 0 bridgehead atoms. The Bertz CT molecular complexity index is 322. The second-order valence-corrected chi connectivity index (χ2v) is 5.90. The van der Waals surface area contributed by atoms with Gasteiger partial charge in [0.05, 0.1) is 20.1 Å². The Hall–Kier alpha value is -0.870. The summed E-state index contributed by atoms with van der Waals surface area (Å²) in [5.41, 5.74) is 1.09. The predicted molar refractivity (Wildman–Crippen MR) is 68.9 cm³/mol. The summed E-state index contributed by atoms with van der Waals surface area (Å²) >= 11 is 0. The van der Waals surface area contributed by atoms with Gasteiger partial charge in [0.25, 0.3) is 0 Å². The zero-order valence-electron chi connectivity index (χ0n) is 11.6. The van der Waals surface area contributed by atoms with Crippen LogP contribution in [0.15, 0.2) is 12.2 Å². The minimum Gasteiger partial charge on any atom is -0.469 e. The van der Waals surface area contributed by atoms with Crippen LogP contribution in [0.1, 0.15) is 46.0 Å². The first kappa shape index (κ1) is 15.2. The van der Waals surface area contributed by atoms with E-state index in [0.29, 0.717) is 13.0 Å². The molecule has 0 aromatic heterocycles. The van der Waals surface area contributed by atoms with Gasteiger partial charge >= 0.3 is 5.97 Å². The topological polar surface area (TPSA) is 55.8 Å². The SMILES string of the molecule is C=C1CCC(O)(CCC(=O)OC)OCC(C)(C)C1. The molecule has 1 fully saturated rings. The van der Waals surface area contributed by atoms with Crippen LogP contribution < -0.4 is 0 Å². The average Bonchev–Trinajstić information content (AvgIpc) is 2.30. The molecule has 1 heterocycles. The summed E-state index contributed by atoms with van der Waals surface area (Å²) in [5.74, 6) is -1.57. The smallest absolute Gasteiger partial charge is 0.305 e. The predicted octanol–water partition coefficient (Wildman–Crippen LogP) is 2.41. The van der Waals surface area contributed by atoms with Crippen LogP contribution in [-0.2, 0) is 14.3 Å². The molecule has 0 radical (unpaired) electrons. The number of rotatable bonds is 3. The maximum atomic E-state index is 11.1. The van der Waals surface area contributed by atoms with Crippen molar-refractivity contribution >= 4 is 5.97 Å². The first-order valence-electron chi connectivity index (χ1n) is 6.36. The van der Waals surface area contributed by atoms with Gasteiger partial charge in [-0.15, -0.1) is 0 Å². The first-order valence-corrected chi connectivity index (χ1v) is 6.36. The van der Waals surface area contributed by atoms with Crippen molar-refractivity contribution in [3.05, 3.63) is 12.2 Å². The summed E-state index contributed by atoms with van der Waals surface area (Å²) < 4.78 is 10.2. The van der Waals surface area contributed by atoms with E-state index in [4.69, 9.17) is 4.74 Å². The van der Waals surface area contributed by atoms with E-state index < -0.39 is 5.79 Å². The highest BCUT2D eigenvalue weighted by molar-refractivity contribution is 5.69. The Morgan fingerprint density at radius 3 is 2.83 bits per heavy atom. The van der Waals surface area contributed by atoms with Gasteiger partial charge in [0.1, 0.15) is 0 Å². The number of methoxy groups -OCH3 is 1. The summed E-state index contributed by atoms with van der Waals surface area (Å²) in [6.07, 6.45) is 2.54. The molecule has 1 unspecified atom stereocenters. The number of aliphatic hydroxyl groups is 1. The Morgan fingerprint density at radius 1 is 1.56 bits per heavy atom. The van der Waals surface area contributed by atoms with Crippen LogP contribution >= 0.6 is 0 Å². The minimum absolute atomic E-state index is 0.0310. The third-order valence-electron chi connectivity index (χ3n) is 3.28. The lowest BCUT2D eigenvalue weighted by Gasteiger charge is -2.36. The van der Waals surface area contributed by atoms with E-state index in [1.165, 1.54) is 7.11 Å². The standard InChI is InChI=1S/C14H24O4/c1-11-5-7-14(16,8-6-12(15)17-4)18-10-13(2,3)9-11/h16H,1,5-10H2,2-4H3. The van der Waals surface area contributed by atoms with Gasteiger partial charge in [-0.25, -0.2) is 0 Å². The summed E-state index contributed by atoms with van der Waals surface area (Å²) in [5, 5.41) is 10.4. The molecule has 4 nitrogen and oxygen atoms in total. The highest BCUT2D eigenvalue weighted by Gasteiger charge is 2.34. The van der Waals surface area contributed by atoms with Gasteiger partial charge < -0.3 is 14.6 Å². The Kier molecular flexibility index (Phi) is 4.93. The maximum absolute atomic E-state index is 11.1. The Labute approximate surface area is 109 Å². The molecule has 0 aromatic carbocycles. The van der Waals surface area contributed by atoms with E-state index in [1.54, 1.807) is 0 Å². The van der Waals surface area contributed by atoms with E-state index in [1.807, 2.05) is 0 Å². The van der Waals surface area contributed by atoms with Crippen molar-refractivity contribution < 1.29 is 19.4 Å². The van der Waals surface area contributed by atoms with Crippen LogP contribution in [0.4, 0.5) is 0 Å². The molecule has 18 heavy (non-hydrogen) atoms. The summed E-state index contributed by atoms with van der Waals surface area (Å²) in [7, 11) is 1.34. The van der Waals surface area contributed by atoms with Crippen molar-refractivity contribution in [2.75, 3.05) is 13.7 Å². The van der Waals surface area contributed by atoms with Crippen molar-refractivity contribution in [1.82, 2.24) is 0 Å². The molecule has 4 heteroatoms. The Balaban J connectivity index is 2.63. The van der Waals surface area contributed by atoms with Gasteiger partial charge in [0, 0.05) is 12.8 Å². The average molecular weight is 256 g/mol. The van der Waals surface area contributed by atoms with E-state index in [9.17, 15) is 9.90 Å². The number of ether oxygens (including phenoxy) is 2. The molecule has 0 aromatic rings. The number of carbonyl (C=O) groups excluding carboxylic acids is 1. The summed E-state index contributed by atoms with van der Waals surface area (Å²) in [6.45, 7) is 8.67. The number of hydrogen-bond acceptors (Lipinski definition) is 4. The van der Waals surface area contributed by atoms with Crippen LogP contribution in [0, 0.1) is 5.41 Å². The fourth-order valence-corrected chi connectivity index (χ4v) is 2.19. The molecule has 1 rings (SSSR count). The lowest BCUT2D eigenvalue weighted by atomic mass is 9.83. The fourth-order valence-electron chi connectivity index (χ4n) is 2.19. The van der Waals surface area contributed by atoms with Gasteiger partial charge in [0.2, 0.25) is 0 Å². The second kappa shape index (κ2) is 5.85. The third kappa shape index (κ3) is 4.78. The van der Waals surface area contributed by atoms with Crippen LogP contribution in [0.2, 0.25) is 0 Å². The molecular formula is C14H24O4. The number of allylic oxidation sites excluding steroid dienone is 1. The highest BCUT2D eigenvalue weighted by Crippen LogP contribution is 2.35. The van der Waals surface area contributed by atoms with Gasteiger partial charge in [-0.3, -0.25) is 4.79 Å². The number of carbonyl (C=O) groups is 1. The fraction of sp³-hybridized carbons (Fsp3) is 0.786. The normalized spacial score (nSPS) is 28.3. The van der Waals surface area contributed by atoms with Crippen LogP contribution in [-0.4, -0.2) is 30.6 Å². The van der Waals surface area contributed by atoms with Crippen molar-refractivity contribution in [1.29, 1.82) is 0 Å². The third-order valence-corrected chi connectivity index (χ3v) is 3.28. The quantitative estimate of drug-likeness (QED) is 0.622. The van der Waals surface area contributed by atoms with Crippen molar-refractivity contribution in [3.8, 4) is 0 Å². The largest absolute Gasteiger partial charge is 0.469 e. The summed E-state index contributed by atoms with van der Waals surface area (Å²) in [6, 6.07) is 0. The van der Waals surface area contributed by atoms with Crippen molar-refractivity contribution in [3.63, 3.8) is 0 Å². The molecule has 0 amide bonds. The highest BCUT2D eigenvalue weighted by atomic mass is 16.6. The molecular weight excluding hydrogens is 232 g/mol. The van der Waals surface area contributed by atoms with Gasteiger partial charge in [-0.05, 0) is 18.3 Å². The summed E-state index contributed by atoms with van der Waals surface area (Å²) in [4.78, 5) is 11.1. The lowest BCUT2D eigenvalue weighted by molar-refractivity contribution is -0.229. The minimum atomic E-state index is -1.24.